The third kappa shape index (κ3) is 4.99. The van der Waals surface area contributed by atoms with Crippen molar-refractivity contribution in [2.75, 3.05) is 6.61 Å². The van der Waals surface area contributed by atoms with Crippen molar-refractivity contribution < 1.29 is 32.2 Å². The maximum atomic E-state index is 15.8. The third-order valence-corrected chi connectivity index (χ3v) is 8.36. The number of hydrogen-bond acceptors (Lipinski definition) is 6. The summed E-state index contributed by atoms with van der Waals surface area (Å²) in [6.07, 6.45) is 0.840. The largest absolute Gasteiger partial charge is 0.444 e. The van der Waals surface area contributed by atoms with Crippen LogP contribution in [0.4, 0.5) is 13.2 Å². The summed E-state index contributed by atoms with van der Waals surface area (Å²) in [6.45, 7) is 4.14. The van der Waals surface area contributed by atoms with Crippen LogP contribution in [0.1, 0.15) is 53.1 Å². The molecule has 0 aliphatic carbocycles. The van der Waals surface area contributed by atoms with Crippen LogP contribution in [-0.2, 0) is 23.5 Å². The highest BCUT2D eigenvalue weighted by molar-refractivity contribution is 5.97. The van der Waals surface area contributed by atoms with Crippen molar-refractivity contribution in [1.29, 1.82) is 5.26 Å². The Bertz CT molecular complexity index is 2060. The molecular weight excluding hydrogens is 583 g/mol. The van der Waals surface area contributed by atoms with Gasteiger partial charge in [-0.2, -0.15) is 5.26 Å². The number of nitrogens with zero attached hydrogens (tertiary/aromatic N) is 3. The van der Waals surface area contributed by atoms with Crippen molar-refractivity contribution in [2.45, 2.75) is 45.1 Å². The third-order valence-electron chi connectivity index (χ3n) is 8.36. The van der Waals surface area contributed by atoms with Crippen molar-refractivity contribution in [3.05, 3.63) is 112 Å². The number of carbonyl (C=O) groups excluding carboxylic acids is 1. The average Bonchev–Trinajstić information content (AvgIpc) is 3.52. The molecule has 1 aromatic heterocycles. The minimum absolute atomic E-state index is 0.00237. The molecule has 10 heteroatoms. The van der Waals surface area contributed by atoms with E-state index in [4.69, 9.17) is 24.5 Å². The van der Waals surface area contributed by atoms with E-state index in [1.807, 2.05) is 10.6 Å². The van der Waals surface area contributed by atoms with Gasteiger partial charge in [-0.1, -0.05) is 12.1 Å². The van der Waals surface area contributed by atoms with Crippen molar-refractivity contribution in [1.82, 2.24) is 9.55 Å². The summed E-state index contributed by atoms with van der Waals surface area (Å²) in [4.78, 5) is 16.7. The highest BCUT2D eigenvalue weighted by Crippen LogP contribution is 2.50. The standard InChI is InChI=1S/C35H26F3N3O4/c1-19(42)21-7-9-30-31(14-21)41(18-23-10-11-43-23)33(40-30)15-22-13-28(37)25(16-27(22)36)24-4-3-5-32-34(24)45-35(2,44-32)26-8-6-20(17-39)12-29(26)38/h3-9,12-14,16,23H,10-11,15,18H2,1-2H3/t23-,35?/m0/s1. The van der Waals surface area contributed by atoms with Gasteiger partial charge in [-0.05, 0) is 73.5 Å². The summed E-state index contributed by atoms with van der Waals surface area (Å²) < 4.78 is 66.1. The van der Waals surface area contributed by atoms with Crippen LogP contribution in [-0.4, -0.2) is 28.0 Å². The lowest BCUT2D eigenvalue weighted by Crippen LogP contribution is -2.32. The van der Waals surface area contributed by atoms with Crippen LogP contribution in [0.15, 0.2) is 66.7 Å². The number of ether oxygens (including phenoxy) is 3. The second-order valence-electron chi connectivity index (χ2n) is 11.4. The van der Waals surface area contributed by atoms with E-state index in [0.29, 0.717) is 30.1 Å². The van der Waals surface area contributed by atoms with E-state index >= 15 is 8.78 Å². The predicted octanol–water partition coefficient (Wildman–Crippen LogP) is 7.22. The van der Waals surface area contributed by atoms with E-state index in [1.165, 1.54) is 26.0 Å². The molecule has 0 bridgehead atoms. The number of halogens is 3. The van der Waals surface area contributed by atoms with Gasteiger partial charge in [0.15, 0.2) is 17.3 Å². The fourth-order valence-electron chi connectivity index (χ4n) is 5.86. The fraction of sp³-hybridized carbons (Fsp3) is 0.229. The zero-order valence-corrected chi connectivity index (χ0v) is 24.4. The number of ketones is 1. The molecule has 1 unspecified atom stereocenters. The smallest absolute Gasteiger partial charge is 0.278 e. The van der Waals surface area contributed by atoms with Crippen LogP contribution in [0.5, 0.6) is 11.5 Å². The summed E-state index contributed by atoms with van der Waals surface area (Å²) in [5.41, 5.74) is 2.38. The summed E-state index contributed by atoms with van der Waals surface area (Å²) in [5, 5.41) is 9.09. The van der Waals surface area contributed by atoms with Crippen molar-refractivity contribution in [3.8, 4) is 28.7 Å². The van der Waals surface area contributed by atoms with E-state index in [0.717, 1.165) is 30.1 Å². The van der Waals surface area contributed by atoms with Crippen molar-refractivity contribution in [3.63, 3.8) is 0 Å². The predicted molar refractivity (Wildman–Crippen MR) is 158 cm³/mol. The van der Waals surface area contributed by atoms with Gasteiger partial charge in [0, 0.05) is 36.6 Å². The van der Waals surface area contributed by atoms with Gasteiger partial charge >= 0.3 is 0 Å². The number of rotatable bonds is 7. The number of imidazole rings is 1. The molecule has 5 aromatic rings. The Labute approximate surface area is 256 Å². The molecule has 2 aliphatic heterocycles. The van der Waals surface area contributed by atoms with E-state index in [9.17, 15) is 9.18 Å². The zero-order chi connectivity index (χ0) is 31.5. The fourth-order valence-corrected chi connectivity index (χ4v) is 5.86. The number of Topliss-reactive ketones (excluding diaryl/α,β-unsaturated/α-hetero) is 1. The SMILES string of the molecule is CC(=O)c1ccc2nc(Cc3cc(F)c(-c4cccc5c4OC(C)(c4ccc(C#N)cc4F)O5)cc3F)n(C[C@@H]3CCO3)c2c1. The van der Waals surface area contributed by atoms with Gasteiger partial charge in [-0.25, -0.2) is 18.2 Å². The summed E-state index contributed by atoms with van der Waals surface area (Å²) in [7, 11) is 0. The lowest BCUT2D eigenvalue weighted by atomic mass is 10.00. The zero-order valence-electron chi connectivity index (χ0n) is 24.4. The molecule has 7 rings (SSSR count). The molecule has 1 saturated heterocycles. The highest BCUT2D eigenvalue weighted by atomic mass is 19.1. The van der Waals surface area contributed by atoms with Gasteiger partial charge in [-0.15, -0.1) is 0 Å². The molecule has 0 amide bonds. The molecular formula is C35H26F3N3O4. The first kappa shape index (κ1) is 28.6. The van der Waals surface area contributed by atoms with Crippen LogP contribution in [0.3, 0.4) is 0 Å². The summed E-state index contributed by atoms with van der Waals surface area (Å²) >= 11 is 0. The Morgan fingerprint density at radius 1 is 1.02 bits per heavy atom. The average molecular weight is 610 g/mol. The topological polar surface area (TPSA) is 86.4 Å². The van der Waals surface area contributed by atoms with Crippen molar-refractivity contribution >= 4 is 16.8 Å². The Kier molecular flexibility index (Phi) is 6.86. The first-order valence-electron chi connectivity index (χ1n) is 14.4. The summed E-state index contributed by atoms with van der Waals surface area (Å²) in [5.74, 6) is -2.82. The molecule has 0 radical (unpaired) electrons. The Morgan fingerprint density at radius 3 is 2.56 bits per heavy atom. The van der Waals surface area contributed by atoms with Crippen LogP contribution in [0.2, 0.25) is 0 Å². The van der Waals surface area contributed by atoms with Gasteiger partial charge in [0.25, 0.3) is 5.79 Å². The second kappa shape index (κ2) is 10.8. The van der Waals surface area contributed by atoms with Crippen LogP contribution in [0.25, 0.3) is 22.2 Å². The molecule has 3 heterocycles. The van der Waals surface area contributed by atoms with E-state index in [-0.39, 0.29) is 57.6 Å². The van der Waals surface area contributed by atoms with Crippen molar-refractivity contribution in [2.24, 2.45) is 0 Å². The van der Waals surface area contributed by atoms with E-state index < -0.39 is 23.2 Å². The summed E-state index contributed by atoms with van der Waals surface area (Å²) in [6, 6.07) is 18.1. The molecule has 0 spiro atoms. The maximum absolute atomic E-state index is 15.8. The number of aromatic nitrogens is 2. The number of para-hydroxylation sites is 1. The van der Waals surface area contributed by atoms with Crippen LogP contribution in [0, 0.1) is 28.8 Å². The maximum Gasteiger partial charge on any atom is 0.278 e. The van der Waals surface area contributed by atoms with Crippen LogP contribution >= 0.6 is 0 Å². The molecule has 0 N–H and O–H groups in total. The molecule has 1 fully saturated rings. The van der Waals surface area contributed by atoms with Gasteiger partial charge in [0.1, 0.15) is 23.3 Å². The number of nitriles is 1. The normalized spacial score (nSPS) is 18.5. The monoisotopic (exact) mass is 609 g/mol. The van der Waals surface area contributed by atoms with Gasteiger partial charge in [0.05, 0.1) is 40.9 Å². The minimum Gasteiger partial charge on any atom is -0.444 e. The van der Waals surface area contributed by atoms with Crippen LogP contribution < -0.4 is 9.47 Å². The van der Waals surface area contributed by atoms with E-state index in [1.54, 1.807) is 36.4 Å². The Balaban J connectivity index is 1.23. The van der Waals surface area contributed by atoms with Gasteiger partial charge < -0.3 is 18.8 Å². The molecule has 45 heavy (non-hydrogen) atoms. The van der Waals surface area contributed by atoms with E-state index in [2.05, 4.69) is 0 Å². The Morgan fingerprint density at radius 2 is 1.84 bits per heavy atom. The molecule has 0 saturated carbocycles. The molecule has 226 valence electrons. The molecule has 2 atom stereocenters. The lowest BCUT2D eigenvalue weighted by Gasteiger charge is -2.27. The van der Waals surface area contributed by atoms with Gasteiger partial charge in [-0.3, -0.25) is 4.79 Å². The minimum atomic E-state index is -1.60. The first-order valence-corrected chi connectivity index (χ1v) is 14.4. The lowest BCUT2D eigenvalue weighted by molar-refractivity contribution is -0.0705. The first-order chi connectivity index (χ1) is 21.6. The van der Waals surface area contributed by atoms with Gasteiger partial charge in [0.2, 0.25) is 0 Å². The number of fused-ring (bicyclic) bond motifs is 2. The highest BCUT2D eigenvalue weighted by Gasteiger charge is 2.42. The Hall–Kier alpha value is -5.14. The number of benzene rings is 4. The molecule has 7 nitrogen and oxygen atoms in total. The molecule has 2 aliphatic rings. The molecule has 4 aromatic carbocycles. The number of carbonyl (C=O) groups is 1. The quantitative estimate of drug-likeness (QED) is 0.181. The number of hydrogen-bond donors (Lipinski definition) is 0. The second-order valence-corrected chi connectivity index (χ2v) is 11.4.